The average Bonchev–Trinajstić information content (AvgIpc) is 2.61. The first-order chi connectivity index (χ1) is 7.17. The lowest BCUT2D eigenvalue weighted by Crippen LogP contribution is -2.08. The highest BCUT2D eigenvalue weighted by Crippen LogP contribution is 2.21. The zero-order chi connectivity index (χ0) is 11.3. The molecular formula is C12H20N2O. The van der Waals surface area contributed by atoms with Crippen molar-refractivity contribution in [2.75, 3.05) is 0 Å². The van der Waals surface area contributed by atoms with Gasteiger partial charge in [0.05, 0.1) is 0 Å². The summed E-state index contributed by atoms with van der Waals surface area (Å²) in [6.45, 7) is 8.44. The first kappa shape index (κ1) is 11.8. The van der Waals surface area contributed by atoms with Crippen LogP contribution in [0.5, 0.6) is 0 Å². The smallest absolute Gasteiger partial charge is 0.313 e. The minimum Gasteiger partial charge on any atom is -0.313 e. The number of imidazole rings is 1. The monoisotopic (exact) mass is 208 g/mol. The van der Waals surface area contributed by atoms with Gasteiger partial charge in [-0.1, -0.05) is 32.4 Å². The van der Waals surface area contributed by atoms with E-state index in [0.717, 1.165) is 31.4 Å². The van der Waals surface area contributed by atoms with Crippen molar-refractivity contribution in [3.8, 4) is 0 Å². The highest BCUT2D eigenvalue weighted by atomic mass is 16.1. The number of hydrogen-bond acceptors (Lipinski definition) is 1. The van der Waals surface area contributed by atoms with Gasteiger partial charge in [-0.2, -0.15) is 0 Å². The summed E-state index contributed by atoms with van der Waals surface area (Å²) >= 11 is 0. The van der Waals surface area contributed by atoms with Crippen molar-refractivity contribution in [2.45, 2.75) is 39.5 Å². The molecule has 0 saturated heterocycles. The van der Waals surface area contributed by atoms with Gasteiger partial charge in [0.15, 0.2) is 0 Å². The molecule has 0 aliphatic carbocycles. The summed E-state index contributed by atoms with van der Waals surface area (Å²) in [5.41, 5.74) is 2.15. The third-order valence-electron chi connectivity index (χ3n) is 2.76. The van der Waals surface area contributed by atoms with Crippen LogP contribution in [0.25, 0.3) is 0 Å². The van der Waals surface area contributed by atoms with Gasteiger partial charge < -0.3 is 9.97 Å². The van der Waals surface area contributed by atoms with Gasteiger partial charge in [0, 0.05) is 11.9 Å². The van der Waals surface area contributed by atoms with Gasteiger partial charge in [0.25, 0.3) is 0 Å². The Hall–Kier alpha value is -1.25. The summed E-state index contributed by atoms with van der Waals surface area (Å²) < 4.78 is 0. The molecule has 3 heteroatoms. The van der Waals surface area contributed by atoms with Crippen molar-refractivity contribution < 1.29 is 0 Å². The van der Waals surface area contributed by atoms with Crippen LogP contribution >= 0.6 is 0 Å². The molecule has 1 heterocycles. The fraction of sp³-hybridized carbons (Fsp3) is 0.583. The number of hydrogen-bond donors (Lipinski definition) is 2. The molecule has 1 unspecified atom stereocenters. The Kier molecular flexibility index (Phi) is 4.40. The first-order valence-electron chi connectivity index (χ1n) is 5.61. The molecule has 0 bridgehead atoms. The zero-order valence-corrected chi connectivity index (χ0v) is 9.60. The SMILES string of the molecule is C=C(CCC)C(CC)Cc1c[nH]c(=O)[nH]1. The molecule has 0 fully saturated rings. The second-order valence-electron chi connectivity index (χ2n) is 3.99. The lowest BCUT2D eigenvalue weighted by molar-refractivity contribution is 0.558. The molecule has 15 heavy (non-hydrogen) atoms. The number of allylic oxidation sites excluding steroid dienone is 1. The van der Waals surface area contributed by atoms with Gasteiger partial charge in [-0.05, 0) is 25.2 Å². The number of H-pyrrole nitrogens is 2. The van der Waals surface area contributed by atoms with Crippen LogP contribution in [0.3, 0.4) is 0 Å². The molecule has 84 valence electrons. The van der Waals surface area contributed by atoms with E-state index in [-0.39, 0.29) is 5.69 Å². The minimum atomic E-state index is -0.124. The van der Waals surface area contributed by atoms with Crippen molar-refractivity contribution in [2.24, 2.45) is 5.92 Å². The third kappa shape index (κ3) is 3.42. The van der Waals surface area contributed by atoms with Crippen LogP contribution in [0, 0.1) is 5.92 Å². The second kappa shape index (κ2) is 5.59. The summed E-state index contributed by atoms with van der Waals surface area (Å²) in [5.74, 6) is 0.483. The molecule has 0 aliphatic rings. The average molecular weight is 208 g/mol. The van der Waals surface area contributed by atoms with Crippen LogP contribution < -0.4 is 5.69 Å². The number of aromatic amines is 2. The van der Waals surface area contributed by atoms with Gasteiger partial charge in [-0.25, -0.2) is 4.79 Å². The van der Waals surface area contributed by atoms with E-state index in [2.05, 4.69) is 30.4 Å². The molecule has 1 aromatic heterocycles. The van der Waals surface area contributed by atoms with Crippen LogP contribution in [0.2, 0.25) is 0 Å². The van der Waals surface area contributed by atoms with E-state index in [4.69, 9.17) is 0 Å². The molecule has 1 atom stereocenters. The van der Waals surface area contributed by atoms with Crippen molar-refractivity contribution >= 4 is 0 Å². The van der Waals surface area contributed by atoms with Crippen LogP contribution in [0.4, 0.5) is 0 Å². The molecule has 1 aromatic rings. The van der Waals surface area contributed by atoms with Crippen molar-refractivity contribution in [1.29, 1.82) is 0 Å². The summed E-state index contributed by atoms with van der Waals surface area (Å²) in [5, 5.41) is 0. The van der Waals surface area contributed by atoms with E-state index < -0.39 is 0 Å². The first-order valence-corrected chi connectivity index (χ1v) is 5.61. The van der Waals surface area contributed by atoms with E-state index in [0.29, 0.717) is 5.92 Å². The third-order valence-corrected chi connectivity index (χ3v) is 2.76. The lowest BCUT2D eigenvalue weighted by Gasteiger charge is -2.16. The molecule has 1 rings (SSSR count). The number of rotatable bonds is 6. The summed E-state index contributed by atoms with van der Waals surface area (Å²) in [7, 11) is 0. The molecule has 3 nitrogen and oxygen atoms in total. The number of aromatic nitrogens is 2. The van der Waals surface area contributed by atoms with Gasteiger partial charge in [0.2, 0.25) is 0 Å². The maximum atomic E-state index is 10.9. The summed E-state index contributed by atoms with van der Waals surface area (Å²) in [4.78, 5) is 16.3. The topological polar surface area (TPSA) is 48.6 Å². The van der Waals surface area contributed by atoms with E-state index in [1.54, 1.807) is 6.20 Å². The second-order valence-corrected chi connectivity index (χ2v) is 3.99. The maximum absolute atomic E-state index is 10.9. The molecular weight excluding hydrogens is 188 g/mol. The molecule has 2 N–H and O–H groups in total. The molecule has 0 spiro atoms. The minimum absolute atomic E-state index is 0.124. The normalized spacial score (nSPS) is 12.7. The quantitative estimate of drug-likeness (QED) is 0.694. The highest BCUT2D eigenvalue weighted by molar-refractivity contribution is 5.06. The van der Waals surface area contributed by atoms with Crippen molar-refractivity contribution in [3.63, 3.8) is 0 Å². The summed E-state index contributed by atoms with van der Waals surface area (Å²) in [6.07, 6.45) is 5.93. The Morgan fingerprint density at radius 1 is 1.53 bits per heavy atom. The highest BCUT2D eigenvalue weighted by Gasteiger charge is 2.11. The van der Waals surface area contributed by atoms with Gasteiger partial charge in [0.1, 0.15) is 0 Å². The Balaban J connectivity index is 2.61. The lowest BCUT2D eigenvalue weighted by atomic mass is 9.90. The van der Waals surface area contributed by atoms with Crippen LogP contribution in [0.1, 0.15) is 38.8 Å². The van der Waals surface area contributed by atoms with Gasteiger partial charge in [-0.15, -0.1) is 0 Å². The van der Waals surface area contributed by atoms with Gasteiger partial charge in [-0.3, -0.25) is 0 Å². The molecule has 0 amide bonds. The fourth-order valence-electron chi connectivity index (χ4n) is 1.85. The van der Waals surface area contributed by atoms with Crippen LogP contribution in [0.15, 0.2) is 23.1 Å². The standard InChI is InChI=1S/C12H20N2O/c1-4-6-9(3)10(5-2)7-11-8-13-12(15)14-11/h8,10H,3-7H2,1-2H3,(H2,13,14,15). The predicted molar refractivity (Wildman–Crippen MR) is 62.9 cm³/mol. The zero-order valence-electron chi connectivity index (χ0n) is 9.60. The number of nitrogens with one attached hydrogen (secondary N) is 2. The van der Waals surface area contributed by atoms with Crippen molar-refractivity contribution in [1.82, 2.24) is 9.97 Å². The molecule has 0 aromatic carbocycles. The Bertz CT molecular complexity index is 362. The van der Waals surface area contributed by atoms with Gasteiger partial charge >= 0.3 is 5.69 Å². The summed E-state index contributed by atoms with van der Waals surface area (Å²) in [6, 6.07) is 0. The van der Waals surface area contributed by atoms with Crippen molar-refractivity contribution in [3.05, 3.63) is 34.5 Å². The Morgan fingerprint density at radius 3 is 2.73 bits per heavy atom. The van der Waals surface area contributed by atoms with Crippen LogP contribution in [-0.4, -0.2) is 9.97 Å². The maximum Gasteiger partial charge on any atom is 0.323 e. The van der Waals surface area contributed by atoms with E-state index >= 15 is 0 Å². The Labute approximate surface area is 90.6 Å². The molecule has 0 saturated carbocycles. The predicted octanol–water partition coefficient (Wildman–Crippen LogP) is 2.63. The molecule has 0 aliphatic heterocycles. The van der Waals surface area contributed by atoms with Crippen LogP contribution in [-0.2, 0) is 6.42 Å². The van der Waals surface area contributed by atoms with E-state index in [1.165, 1.54) is 5.57 Å². The largest absolute Gasteiger partial charge is 0.323 e. The van der Waals surface area contributed by atoms with E-state index in [1.807, 2.05) is 0 Å². The Morgan fingerprint density at radius 2 is 2.27 bits per heavy atom. The molecule has 0 radical (unpaired) electrons. The van der Waals surface area contributed by atoms with E-state index in [9.17, 15) is 4.79 Å². The fourth-order valence-corrected chi connectivity index (χ4v) is 1.85.